The minimum absolute atomic E-state index is 0.0641. The fourth-order valence-corrected chi connectivity index (χ4v) is 10.4. The summed E-state index contributed by atoms with van der Waals surface area (Å²) in [5.74, 6) is -5.14. The van der Waals surface area contributed by atoms with Crippen LogP contribution in [0.25, 0.3) is 10.8 Å². The second kappa shape index (κ2) is 14.0. The van der Waals surface area contributed by atoms with E-state index in [9.17, 15) is 19.8 Å². The van der Waals surface area contributed by atoms with Crippen molar-refractivity contribution in [3.63, 3.8) is 0 Å². The fourth-order valence-electron chi connectivity index (χ4n) is 9.93. The van der Waals surface area contributed by atoms with E-state index in [0.717, 1.165) is 21.5 Å². The molecule has 2 saturated heterocycles. The van der Waals surface area contributed by atoms with Gasteiger partial charge in [-0.2, -0.15) is 5.01 Å². The number of methoxy groups -OCH3 is 1. The maximum Gasteiger partial charge on any atom is 0.260 e. The normalized spacial score (nSPS) is 25.3. The summed E-state index contributed by atoms with van der Waals surface area (Å²) < 4.78 is 5.51. The van der Waals surface area contributed by atoms with Crippen molar-refractivity contribution in [2.45, 2.75) is 30.6 Å². The predicted molar refractivity (Wildman–Crippen MR) is 215 cm³/mol. The number of imide groups is 2. The van der Waals surface area contributed by atoms with Crippen LogP contribution in [0.5, 0.6) is 17.2 Å². The third-order valence-corrected chi connectivity index (χ3v) is 13.0. The van der Waals surface area contributed by atoms with Crippen LogP contribution in [-0.4, -0.2) is 57.4 Å². The predicted octanol–water partition coefficient (Wildman–Crippen LogP) is 7.79. The Morgan fingerprint density at radius 1 is 0.842 bits per heavy atom. The lowest BCUT2D eigenvalue weighted by Gasteiger charge is -2.51. The lowest BCUT2D eigenvalue weighted by atomic mass is 9.48. The summed E-state index contributed by atoms with van der Waals surface area (Å²) in [6, 6.07) is 29.4. The molecule has 0 spiro atoms. The van der Waals surface area contributed by atoms with Gasteiger partial charge in [-0.25, -0.2) is 0 Å². The summed E-state index contributed by atoms with van der Waals surface area (Å²) in [7, 11) is 1.54. The molecule has 0 aromatic heterocycles. The minimum atomic E-state index is -1.63. The summed E-state index contributed by atoms with van der Waals surface area (Å²) in [5, 5.41) is 24.9. The number of carbonyl (C=O) groups is 4. The quantitative estimate of drug-likeness (QED) is 0.107. The number of nitrogens with one attached hydrogen (secondary N) is 1. The number of aromatic hydroxyl groups is 2. The molecule has 3 fully saturated rings. The number of hydrogen-bond donors (Lipinski definition) is 3. The van der Waals surface area contributed by atoms with Gasteiger partial charge in [-0.15, -0.1) is 0 Å². The van der Waals surface area contributed by atoms with E-state index in [4.69, 9.17) is 27.9 Å². The number of carbonyl (C=O) groups excluding carboxylic acids is 4. The number of halogens is 2. The van der Waals surface area contributed by atoms with Crippen LogP contribution in [-0.2, 0) is 31.0 Å². The Balaban J connectivity index is 1.23. The third kappa shape index (κ3) is 5.68. The van der Waals surface area contributed by atoms with Crippen LogP contribution in [0, 0.1) is 23.7 Å². The molecule has 57 heavy (non-hydrogen) atoms. The number of benzene rings is 5. The van der Waals surface area contributed by atoms with E-state index < -0.39 is 46.8 Å². The Bertz CT molecular complexity index is 2520. The van der Waals surface area contributed by atoms with Gasteiger partial charge in [-0.3, -0.25) is 29.5 Å². The Labute approximate surface area is 338 Å². The summed E-state index contributed by atoms with van der Waals surface area (Å²) >= 11 is 12.8. The number of hydrogen-bond acceptors (Lipinski definition) is 8. The number of phenols is 2. The molecule has 12 heteroatoms. The van der Waals surface area contributed by atoms with Crippen molar-refractivity contribution in [2.24, 2.45) is 23.7 Å². The van der Waals surface area contributed by atoms with E-state index in [-0.39, 0.29) is 53.4 Å². The average Bonchev–Trinajstić information content (AvgIpc) is 3.59. The molecule has 288 valence electrons. The molecule has 3 N–H and O–H groups in total. The zero-order chi connectivity index (χ0) is 39.7. The van der Waals surface area contributed by atoms with E-state index in [2.05, 4.69) is 5.43 Å². The summed E-state index contributed by atoms with van der Waals surface area (Å²) in [6.07, 6.45) is 2.70. The Morgan fingerprint density at radius 3 is 2.33 bits per heavy atom. The maximum absolute atomic E-state index is 15.6. The lowest BCUT2D eigenvalue weighted by Crippen LogP contribution is -2.53. The molecule has 6 unspecified atom stereocenters. The van der Waals surface area contributed by atoms with Gasteiger partial charge in [0.15, 0.2) is 0 Å². The van der Waals surface area contributed by atoms with E-state index in [1.807, 2.05) is 30.3 Å². The molecular formula is C45H37Cl2N3O7. The molecule has 9 rings (SSSR count). The molecule has 4 aliphatic rings. The first-order chi connectivity index (χ1) is 27.5. The number of allylic oxidation sites excluding steroid dienone is 2. The van der Waals surface area contributed by atoms with Gasteiger partial charge in [0, 0.05) is 23.0 Å². The first-order valence-corrected chi connectivity index (χ1v) is 19.6. The molecule has 0 bridgehead atoms. The Morgan fingerprint density at radius 2 is 1.60 bits per heavy atom. The zero-order valence-corrected chi connectivity index (χ0v) is 32.2. The van der Waals surface area contributed by atoms with Crippen LogP contribution in [0.1, 0.15) is 35.4 Å². The third-order valence-electron chi connectivity index (χ3n) is 12.5. The van der Waals surface area contributed by atoms with Crippen molar-refractivity contribution in [3.8, 4) is 17.2 Å². The lowest BCUT2D eigenvalue weighted by molar-refractivity contribution is -0.141. The number of hydrazine groups is 1. The van der Waals surface area contributed by atoms with Gasteiger partial charge in [0.2, 0.25) is 11.8 Å². The molecule has 6 atom stereocenters. The number of anilines is 1. The van der Waals surface area contributed by atoms with Crippen molar-refractivity contribution in [1.29, 1.82) is 0 Å². The first kappa shape index (κ1) is 36.8. The van der Waals surface area contributed by atoms with Gasteiger partial charge in [-0.1, -0.05) is 89.4 Å². The smallest absolute Gasteiger partial charge is 0.260 e. The molecule has 4 amide bonds. The molecule has 2 aliphatic heterocycles. The number of phenolic OH excluding ortho intramolecular Hbond substituents is 2. The molecule has 10 nitrogen and oxygen atoms in total. The van der Waals surface area contributed by atoms with E-state index in [1.54, 1.807) is 79.9 Å². The molecule has 0 radical (unpaired) electrons. The molecule has 2 heterocycles. The van der Waals surface area contributed by atoms with Crippen LogP contribution >= 0.6 is 23.2 Å². The summed E-state index contributed by atoms with van der Waals surface area (Å²) in [4.78, 5) is 60.8. The second-order valence-corrected chi connectivity index (χ2v) is 16.0. The highest BCUT2D eigenvalue weighted by Gasteiger charge is 2.70. The standard InChI is InChI=1S/C45H37Cl2N3O7/c1-57-29-14-9-26(10-15-29)45-34(42(54)50(44(45)56)48-36-18-11-27(46)22-35(36)47)23-33-31(40(45)39-30-5-3-2-4-25(30)8-19-37(39)52)16-17-32-38(33)43(55)49(41(32)53)21-20-24-6-12-28(51)13-7-24/h2-16,18-19,22,32-34,38,40,48,51-52H,17,20-21,23H2,1H3. The second-order valence-electron chi connectivity index (χ2n) is 15.2. The highest BCUT2D eigenvalue weighted by molar-refractivity contribution is 6.36. The summed E-state index contributed by atoms with van der Waals surface area (Å²) in [5.41, 5.74) is 4.24. The number of ether oxygens (including phenoxy) is 1. The van der Waals surface area contributed by atoms with Crippen LogP contribution in [0.15, 0.2) is 115 Å². The van der Waals surface area contributed by atoms with Gasteiger partial charge in [0.1, 0.15) is 17.2 Å². The molecule has 1 saturated carbocycles. The van der Waals surface area contributed by atoms with Crippen molar-refractivity contribution in [3.05, 3.63) is 142 Å². The molecule has 5 aromatic carbocycles. The molecule has 2 aliphatic carbocycles. The highest BCUT2D eigenvalue weighted by atomic mass is 35.5. The zero-order valence-electron chi connectivity index (χ0n) is 30.7. The SMILES string of the molecule is COc1ccc(C23C(=O)N(Nc4ccc(Cl)cc4Cl)C(=O)C2CC2C(=CCC4C(=O)N(CCc5ccc(O)cc5)C(=O)C42)C3c2c(O)ccc3ccccc23)cc1. The topological polar surface area (TPSA) is 136 Å². The summed E-state index contributed by atoms with van der Waals surface area (Å²) in [6.45, 7) is 0.154. The van der Waals surface area contributed by atoms with Gasteiger partial charge in [0.05, 0.1) is 41.0 Å². The van der Waals surface area contributed by atoms with Crippen molar-refractivity contribution in [2.75, 3.05) is 19.1 Å². The van der Waals surface area contributed by atoms with Gasteiger partial charge >= 0.3 is 0 Å². The van der Waals surface area contributed by atoms with E-state index in [1.165, 1.54) is 11.0 Å². The Hall–Kier alpha value is -5.84. The van der Waals surface area contributed by atoms with Crippen LogP contribution in [0.3, 0.4) is 0 Å². The number of likely N-dealkylation sites (tertiary alicyclic amines) is 1. The van der Waals surface area contributed by atoms with Crippen molar-refractivity contribution < 1.29 is 34.1 Å². The molecule has 5 aromatic rings. The highest BCUT2D eigenvalue weighted by Crippen LogP contribution is 2.65. The number of rotatable bonds is 8. The van der Waals surface area contributed by atoms with Gasteiger partial charge in [0.25, 0.3) is 11.8 Å². The maximum atomic E-state index is 15.6. The minimum Gasteiger partial charge on any atom is -0.508 e. The van der Waals surface area contributed by atoms with Crippen molar-refractivity contribution in [1.82, 2.24) is 9.91 Å². The largest absolute Gasteiger partial charge is 0.508 e. The van der Waals surface area contributed by atoms with Gasteiger partial charge < -0.3 is 14.9 Å². The van der Waals surface area contributed by atoms with Crippen LogP contribution < -0.4 is 10.2 Å². The van der Waals surface area contributed by atoms with Crippen LogP contribution in [0.2, 0.25) is 10.0 Å². The average molecular weight is 803 g/mol. The van der Waals surface area contributed by atoms with E-state index in [0.29, 0.717) is 33.7 Å². The van der Waals surface area contributed by atoms with Crippen molar-refractivity contribution >= 4 is 63.3 Å². The van der Waals surface area contributed by atoms with Gasteiger partial charge in [-0.05, 0) is 95.6 Å². The van der Waals surface area contributed by atoms with Crippen LogP contribution in [0.4, 0.5) is 5.69 Å². The van der Waals surface area contributed by atoms with E-state index >= 15 is 9.59 Å². The fraction of sp³-hybridized carbons (Fsp3) is 0.244. The number of fused-ring (bicyclic) bond motifs is 5. The molecular weight excluding hydrogens is 765 g/mol. The monoisotopic (exact) mass is 801 g/mol. The number of amides is 4. The number of nitrogens with zero attached hydrogens (tertiary/aromatic N) is 2. The first-order valence-electron chi connectivity index (χ1n) is 18.8. The Kier molecular flexibility index (Phi) is 9.01.